The van der Waals surface area contributed by atoms with Crippen molar-refractivity contribution in [2.45, 2.75) is 32.7 Å². The van der Waals surface area contributed by atoms with Crippen LogP contribution in [0.5, 0.6) is 0 Å². The molecular formula is C17H24N4OS. The van der Waals surface area contributed by atoms with Crippen LogP contribution in [0.3, 0.4) is 0 Å². The first-order valence-electron chi connectivity index (χ1n) is 8.37. The number of fused-ring (bicyclic) bond motifs is 1. The predicted octanol–water partition coefficient (Wildman–Crippen LogP) is 3.32. The van der Waals surface area contributed by atoms with Gasteiger partial charge in [-0.15, -0.1) is 0 Å². The third-order valence-electron chi connectivity index (χ3n) is 4.43. The van der Waals surface area contributed by atoms with Gasteiger partial charge in [-0.2, -0.15) is 0 Å². The molecule has 1 aliphatic heterocycles. The summed E-state index contributed by atoms with van der Waals surface area (Å²) in [5, 5.41) is 4.18. The molecule has 0 aliphatic carbocycles. The molecule has 0 saturated carbocycles. The summed E-state index contributed by atoms with van der Waals surface area (Å²) in [7, 11) is 0. The molecule has 5 nitrogen and oxygen atoms in total. The van der Waals surface area contributed by atoms with E-state index < -0.39 is 0 Å². The lowest BCUT2D eigenvalue weighted by Crippen LogP contribution is -2.53. The highest BCUT2D eigenvalue weighted by atomic mass is 32.1. The molecule has 2 heterocycles. The summed E-state index contributed by atoms with van der Waals surface area (Å²) < 4.78 is 1.22. The first kappa shape index (κ1) is 16.1. The number of carbonyl (C=O) groups is 1. The Morgan fingerprint density at radius 1 is 1.22 bits per heavy atom. The second-order valence-corrected chi connectivity index (χ2v) is 6.91. The van der Waals surface area contributed by atoms with Crippen LogP contribution < -0.4 is 10.2 Å². The predicted molar refractivity (Wildman–Crippen MR) is 96.3 cm³/mol. The average Bonchev–Trinajstić information content (AvgIpc) is 3.03. The number of nitrogens with one attached hydrogen (secondary N) is 1. The van der Waals surface area contributed by atoms with Gasteiger partial charge in [0, 0.05) is 32.2 Å². The Bertz CT molecular complexity index is 626. The van der Waals surface area contributed by atoms with Crippen molar-refractivity contribution >= 4 is 32.7 Å². The third-order valence-corrected chi connectivity index (χ3v) is 5.53. The molecule has 0 bridgehead atoms. The largest absolute Gasteiger partial charge is 0.345 e. The summed E-state index contributed by atoms with van der Waals surface area (Å²) in [5.74, 6) is 0. The fraction of sp³-hybridized carbons (Fsp3) is 0.529. The molecule has 1 aromatic heterocycles. The van der Waals surface area contributed by atoms with Crippen molar-refractivity contribution in [1.29, 1.82) is 0 Å². The Morgan fingerprint density at radius 3 is 2.57 bits per heavy atom. The van der Waals surface area contributed by atoms with Crippen molar-refractivity contribution in [3.63, 3.8) is 0 Å². The van der Waals surface area contributed by atoms with E-state index in [1.54, 1.807) is 11.3 Å². The van der Waals surface area contributed by atoms with Gasteiger partial charge in [-0.05, 0) is 25.0 Å². The molecule has 124 valence electrons. The van der Waals surface area contributed by atoms with Gasteiger partial charge in [0.05, 0.1) is 10.2 Å². The SMILES string of the molecule is CCC(CC)NC(=O)N1CCN(c2nc3ccccc3s2)CC1. The highest BCUT2D eigenvalue weighted by Crippen LogP contribution is 2.29. The van der Waals surface area contributed by atoms with Crippen molar-refractivity contribution in [1.82, 2.24) is 15.2 Å². The van der Waals surface area contributed by atoms with E-state index >= 15 is 0 Å². The van der Waals surface area contributed by atoms with Crippen LogP contribution in [-0.4, -0.2) is 48.1 Å². The maximum Gasteiger partial charge on any atom is 0.317 e. The van der Waals surface area contributed by atoms with Crippen LogP contribution in [0.15, 0.2) is 24.3 Å². The molecular weight excluding hydrogens is 308 g/mol. The lowest BCUT2D eigenvalue weighted by atomic mass is 10.2. The fourth-order valence-corrected chi connectivity index (χ4v) is 3.87. The fourth-order valence-electron chi connectivity index (χ4n) is 2.85. The standard InChI is InChI=1S/C17H24N4OS/c1-3-13(4-2)18-16(22)20-9-11-21(12-10-20)17-19-14-7-5-6-8-15(14)23-17/h5-8,13H,3-4,9-12H2,1-2H3,(H,18,22). The lowest BCUT2D eigenvalue weighted by molar-refractivity contribution is 0.189. The summed E-state index contributed by atoms with van der Waals surface area (Å²) >= 11 is 1.73. The zero-order valence-corrected chi connectivity index (χ0v) is 14.6. The number of carbonyl (C=O) groups excluding carboxylic acids is 1. The number of hydrogen-bond acceptors (Lipinski definition) is 4. The molecule has 1 aromatic carbocycles. The molecule has 0 spiro atoms. The molecule has 1 fully saturated rings. The van der Waals surface area contributed by atoms with Crippen LogP contribution >= 0.6 is 11.3 Å². The van der Waals surface area contributed by atoms with E-state index in [0.29, 0.717) is 0 Å². The van der Waals surface area contributed by atoms with Gasteiger partial charge >= 0.3 is 6.03 Å². The average molecular weight is 332 g/mol. The van der Waals surface area contributed by atoms with E-state index in [9.17, 15) is 4.79 Å². The van der Waals surface area contributed by atoms with Gasteiger partial charge in [0.1, 0.15) is 0 Å². The first-order chi connectivity index (χ1) is 11.2. The number of thiazole rings is 1. The molecule has 1 saturated heterocycles. The number of rotatable bonds is 4. The van der Waals surface area contributed by atoms with Crippen LogP contribution in [0.2, 0.25) is 0 Å². The molecule has 0 unspecified atom stereocenters. The summed E-state index contributed by atoms with van der Waals surface area (Å²) in [6, 6.07) is 8.58. The van der Waals surface area contributed by atoms with Gasteiger partial charge in [0.25, 0.3) is 0 Å². The number of nitrogens with zero attached hydrogens (tertiary/aromatic N) is 3. The molecule has 3 rings (SSSR count). The maximum absolute atomic E-state index is 12.3. The number of aromatic nitrogens is 1. The normalized spacial score (nSPS) is 15.4. The third kappa shape index (κ3) is 3.58. The zero-order valence-electron chi connectivity index (χ0n) is 13.8. The van der Waals surface area contributed by atoms with Crippen molar-refractivity contribution < 1.29 is 4.79 Å². The lowest BCUT2D eigenvalue weighted by Gasteiger charge is -2.35. The number of piperazine rings is 1. The molecule has 6 heteroatoms. The Labute approximate surface area is 141 Å². The van der Waals surface area contributed by atoms with E-state index in [2.05, 4.69) is 36.2 Å². The van der Waals surface area contributed by atoms with Gasteiger partial charge in [0.2, 0.25) is 0 Å². The van der Waals surface area contributed by atoms with Crippen molar-refractivity contribution in [2.24, 2.45) is 0 Å². The summed E-state index contributed by atoms with van der Waals surface area (Å²) in [4.78, 5) is 21.2. The molecule has 0 atom stereocenters. The summed E-state index contributed by atoms with van der Waals surface area (Å²) in [6.45, 7) is 7.41. The molecule has 1 aliphatic rings. The zero-order chi connectivity index (χ0) is 16.2. The first-order valence-corrected chi connectivity index (χ1v) is 9.18. The van der Waals surface area contributed by atoms with E-state index in [1.165, 1.54) is 4.70 Å². The van der Waals surface area contributed by atoms with Crippen molar-refractivity contribution in [2.75, 3.05) is 31.1 Å². The quantitative estimate of drug-likeness (QED) is 0.934. The van der Waals surface area contributed by atoms with Gasteiger partial charge in [-0.1, -0.05) is 37.3 Å². The number of benzene rings is 1. The highest BCUT2D eigenvalue weighted by Gasteiger charge is 2.23. The molecule has 2 amide bonds. The van der Waals surface area contributed by atoms with Crippen molar-refractivity contribution in [3.8, 4) is 0 Å². The second kappa shape index (κ2) is 7.17. The van der Waals surface area contributed by atoms with E-state index in [4.69, 9.17) is 4.98 Å². The monoisotopic (exact) mass is 332 g/mol. The smallest absolute Gasteiger partial charge is 0.317 e. The summed E-state index contributed by atoms with van der Waals surface area (Å²) in [5.41, 5.74) is 1.06. The number of anilines is 1. The summed E-state index contributed by atoms with van der Waals surface area (Å²) in [6.07, 6.45) is 1.96. The number of para-hydroxylation sites is 1. The molecule has 1 N–H and O–H groups in total. The van der Waals surface area contributed by atoms with Crippen LogP contribution in [-0.2, 0) is 0 Å². The van der Waals surface area contributed by atoms with Gasteiger partial charge in [-0.3, -0.25) is 0 Å². The Kier molecular flexibility index (Phi) is 5.00. The van der Waals surface area contributed by atoms with Crippen LogP contribution in [0, 0.1) is 0 Å². The minimum Gasteiger partial charge on any atom is -0.345 e. The number of urea groups is 1. The van der Waals surface area contributed by atoms with Gasteiger partial charge in [0.15, 0.2) is 5.13 Å². The maximum atomic E-state index is 12.3. The van der Waals surface area contributed by atoms with E-state index in [0.717, 1.165) is 49.7 Å². The Balaban J connectivity index is 1.58. The van der Waals surface area contributed by atoms with E-state index in [-0.39, 0.29) is 12.1 Å². The Morgan fingerprint density at radius 2 is 1.91 bits per heavy atom. The molecule has 0 radical (unpaired) electrons. The molecule has 2 aromatic rings. The molecule has 23 heavy (non-hydrogen) atoms. The minimum atomic E-state index is 0.0719. The Hall–Kier alpha value is -1.82. The van der Waals surface area contributed by atoms with Crippen LogP contribution in [0.25, 0.3) is 10.2 Å². The number of amides is 2. The minimum absolute atomic E-state index is 0.0719. The van der Waals surface area contributed by atoms with Crippen LogP contribution in [0.1, 0.15) is 26.7 Å². The van der Waals surface area contributed by atoms with Crippen molar-refractivity contribution in [3.05, 3.63) is 24.3 Å². The number of hydrogen-bond donors (Lipinski definition) is 1. The highest BCUT2D eigenvalue weighted by molar-refractivity contribution is 7.22. The second-order valence-electron chi connectivity index (χ2n) is 5.90. The van der Waals surface area contributed by atoms with E-state index in [1.807, 2.05) is 17.0 Å². The van der Waals surface area contributed by atoms with Crippen LogP contribution in [0.4, 0.5) is 9.93 Å². The topological polar surface area (TPSA) is 48.5 Å². The van der Waals surface area contributed by atoms with Gasteiger partial charge < -0.3 is 15.1 Å². The van der Waals surface area contributed by atoms with Gasteiger partial charge in [-0.25, -0.2) is 9.78 Å².